The Hall–Kier alpha value is -4.08. The lowest BCUT2D eigenvalue weighted by Crippen LogP contribution is -2.45. The normalized spacial score (nSPS) is 16.9. The number of carbonyl (C=O) groups is 2. The number of nitrogens with one attached hydrogen (secondary N) is 4. The molecule has 1 fully saturated rings. The molecule has 0 unspecified atom stereocenters. The largest absolute Gasteiger partial charge is 0.444 e. The second-order valence-corrected chi connectivity index (χ2v) is 12.6. The van der Waals surface area contributed by atoms with Gasteiger partial charge >= 0.3 is 6.09 Å². The third kappa shape index (κ3) is 7.86. The number of hydrogen-bond donors (Lipinski definition) is 4. The summed E-state index contributed by atoms with van der Waals surface area (Å²) in [4.78, 5) is 51.6. The van der Waals surface area contributed by atoms with Crippen LogP contribution in [0.5, 0.6) is 0 Å². The summed E-state index contributed by atoms with van der Waals surface area (Å²) in [6.07, 6.45) is 4.88. The molecule has 3 aromatic rings. The molecule has 0 aliphatic heterocycles. The summed E-state index contributed by atoms with van der Waals surface area (Å²) in [5.41, 5.74) is 5.59. The molecule has 2 heterocycles. The maximum atomic E-state index is 13.7. The first kappa shape index (κ1) is 31.8. The van der Waals surface area contributed by atoms with E-state index < -0.39 is 5.60 Å². The smallest absolute Gasteiger partial charge is 0.407 e. The predicted molar refractivity (Wildman–Crippen MR) is 170 cm³/mol. The summed E-state index contributed by atoms with van der Waals surface area (Å²) in [6, 6.07) is 6.20. The number of anilines is 1. The number of aromatic nitrogens is 3. The molecule has 232 valence electrons. The van der Waals surface area contributed by atoms with E-state index in [0.717, 1.165) is 66.0 Å². The molecule has 4 rings (SSSR count). The summed E-state index contributed by atoms with van der Waals surface area (Å²) >= 11 is 0. The Morgan fingerprint density at radius 1 is 1.02 bits per heavy atom. The zero-order chi connectivity index (χ0) is 31.5. The monoisotopic (exact) mass is 590 g/mol. The van der Waals surface area contributed by atoms with Gasteiger partial charge in [0.2, 0.25) is 0 Å². The van der Waals surface area contributed by atoms with Gasteiger partial charge in [0, 0.05) is 65.1 Å². The third-order valence-corrected chi connectivity index (χ3v) is 8.03. The van der Waals surface area contributed by atoms with Crippen molar-refractivity contribution < 1.29 is 14.3 Å². The second kappa shape index (κ2) is 13.1. The highest BCUT2D eigenvalue weighted by molar-refractivity contribution is 5.98. The van der Waals surface area contributed by atoms with Gasteiger partial charge in [-0.05, 0) is 110 Å². The lowest BCUT2D eigenvalue weighted by molar-refractivity contribution is 0.0491. The molecule has 2 aromatic heterocycles. The summed E-state index contributed by atoms with van der Waals surface area (Å²) in [5, 5.41) is 6.01. The fourth-order valence-corrected chi connectivity index (χ4v) is 5.93. The molecule has 0 radical (unpaired) electrons. The van der Waals surface area contributed by atoms with Crippen LogP contribution in [0.4, 0.5) is 10.5 Å². The molecule has 0 bridgehead atoms. The topological polar surface area (TPSA) is 132 Å². The number of hydrogen-bond acceptors (Lipinski definition) is 6. The molecule has 0 saturated heterocycles. The first-order valence-corrected chi connectivity index (χ1v) is 15.2. The van der Waals surface area contributed by atoms with Gasteiger partial charge in [-0.2, -0.15) is 0 Å². The van der Waals surface area contributed by atoms with Gasteiger partial charge in [0.25, 0.3) is 11.5 Å². The molecule has 2 amide bonds. The van der Waals surface area contributed by atoms with Gasteiger partial charge in [0.05, 0.1) is 0 Å². The Morgan fingerprint density at radius 3 is 2.30 bits per heavy atom. The summed E-state index contributed by atoms with van der Waals surface area (Å²) in [7, 11) is 0. The molecule has 4 N–H and O–H groups in total. The van der Waals surface area contributed by atoms with Crippen LogP contribution < -0.4 is 21.1 Å². The minimum absolute atomic E-state index is 0.0676. The molecular formula is C33H46N6O4. The molecule has 0 atom stereocenters. The number of aromatic amines is 2. The lowest BCUT2D eigenvalue weighted by atomic mass is 9.89. The van der Waals surface area contributed by atoms with Crippen LogP contribution in [0.15, 0.2) is 29.2 Å². The Labute approximate surface area is 254 Å². The van der Waals surface area contributed by atoms with E-state index >= 15 is 0 Å². The van der Waals surface area contributed by atoms with Crippen molar-refractivity contribution in [1.29, 1.82) is 0 Å². The van der Waals surface area contributed by atoms with Gasteiger partial charge in [0.1, 0.15) is 11.4 Å². The number of carbonyl (C=O) groups excluding carboxylic acids is 2. The van der Waals surface area contributed by atoms with Gasteiger partial charge in [-0.25, -0.2) is 9.78 Å². The van der Waals surface area contributed by atoms with Crippen LogP contribution >= 0.6 is 0 Å². The number of alkyl carbamates (subject to hydrolysis) is 1. The Morgan fingerprint density at radius 2 is 1.72 bits per heavy atom. The molecule has 10 heteroatoms. The number of imidazole rings is 1. The van der Waals surface area contributed by atoms with E-state index in [1.165, 1.54) is 0 Å². The first-order chi connectivity index (χ1) is 20.3. The van der Waals surface area contributed by atoms with Crippen LogP contribution in [0.3, 0.4) is 0 Å². The summed E-state index contributed by atoms with van der Waals surface area (Å²) < 4.78 is 5.45. The number of rotatable bonds is 8. The van der Waals surface area contributed by atoms with E-state index in [1.807, 2.05) is 60.6 Å². The molecule has 1 saturated carbocycles. The van der Waals surface area contributed by atoms with Crippen molar-refractivity contribution in [1.82, 2.24) is 25.6 Å². The summed E-state index contributed by atoms with van der Waals surface area (Å²) in [6.45, 7) is 16.2. The highest BCUT2D eigenvalue weighted by Gasteiger charge is 2.29. The summed E-state index contributed by atoms with van der Waals surface area (Å²) in [5.74, 6) is 0.449. The third-order valence-electron chi connectivity index (χ3n) is 8.03. The minimum Gasteiger partial charge on any atom is -0.444 e. The maximum Gasteiger partial charge on any atom is 0.407 e. The van der Waals surface area contributed by atoms with Crippen molar-refractivity contribution in [2.75, 3.05) is 11.4 Å². The number of H-pyrrole nitrogens is 2. The number of pyridine rings is 1. The van der Waals surface area contributed by atoms with Crippen LogP contribution in [0, 0.1) is 27.7 Å². The number of ether oxygens (including phenoxy) is 1. The zero-order valence-corrected chi connectivity index (χ0v) is 26.7. The number of nitrogens with zero attached hydrogens (tertiary/aromatic N) is 2. The van der Waals surface area contributed by atoms with E-state index in [4.69, 9.17) is 4.74 Å². The van der Waals surface area contributed by atoms with Crippen molar-refractivity contribution in [3.8, 4) is 11.4 Å². The van der Waals surface area contributed by atoms with E-state index in [0.29, 0.717) is 17.0 Å². The van der Waals surface area contributed by atoms with Crippen LogP contribution in [0.1, 0.15) is 91.8 Å². The molecule has 0 spiro atoms. The van der Waals surface area contributed by atoms with Crippen molar-refractivity contribution in [2.45, 2.75) is 105 Å². The van der Waals surface area contributed by atoms with Gasteiger partial charge in [-0.3, -0.25) is 9.59 Å². The van der Waals surface area contributed by atoms with Crippen molar-refractivity contribution in [3.05, 3.63) is 68.4 Å². The average Bonchev–Trinajstić information content (AvgIpc) is 3.35. The van der Waals surface area contributed by atoms with Crippen molar-refractivity contribution in [3.63, 3.8) is 0 Å². The minimum atomic E-state index is -0.534. The maximum absolute atomic E-state index is 13.7. The van der Waals surface area contributed by atoms with E-state index in [2.05, 4.69) is 43.5 Å². The van der Waals surface area contributed by atoms with Crippen LogP contribution in [0.2, 0.25) is 0 Å². The fraction of sp³-hybridized carbons (Fsp3) is 0.515. The van der Waals surface area contributed by atoms with Gasteiger partial charge in [-0.1, -0.05) is 0 Å². The van der Waals surface area contributed by atoms with Crippen LogP contribution in [-0.4, -0.2) is 51.2 Å². The Kier molecular flexibility index (Phi) is 9.67. The molecule has 1 aliphatic carbocycles. The van der Waals surface area contributed by atoms with Crippen LogP contribution in [0.25, 0.3) is 11.4 Å². The highest BCUT2D eigenvalue weighted by Crippen LogP contribution is 2.34. The Balaban J connectivity index is 1.59. The Bertz CT molecular complexity index is 1530. The van der Waals surface area contributed by atoms with Gasteiger partial charge in [-0.15, -0.1) is 0 Å². The molecule has 1 aliphatic rings. The molecule has 1 aromatic carbocycles. The van der Waals surface area contributed by atoms with Gasteiger partial charge in [0.15, 0.2) is 0 Å². The zero-order valence-electron chi connectivity index (χ0n) is 26.7. The highest BCUT2D eigenvalue weighted by atomic mass is 16.6. The first-order valence-electron chi connectivity index (χ1n) is 15.2. The van der Waals surface area contributed by atoms with Crippen LogP contribution in [-0.2, 0) is 11.3 Å². The number of benzene rings is 1. The number of amides is 2. The fourth-order valence-electron chi connectivity index (χ4n) is 5.93. The molecule has 43 heavy (non-hydrogen) atoms. The standard InChI is InChI=1S/C33H46N6O4/c1-9-39(25-12-10-24(11-13-25)38-32(42)43-33(6,7)8)28-16-23(29-34-17-21(4)36-29)15-26(22(28)5)30(40)35-18-27-19(2)14-20(3)37-31(27)41/h14-17,24-25H,9-13,18H2,1-8H3,(H,34,36)(H,35,40)(H,37,41)(H,38,42). The van der Waals surface area contributed by atoms with E-state index in [9.17, 15) is 14.4 Å². The number of aryl methyl sites for hydroxylation is 3. The lowest BCUT2D eigenvalue weighted by Gasteiger charge is -2.39. The van der Waals surface area contributed by atoms with Crippen molar-refractivity contribution in [2.24, 2.45) is 0 Å². The molecule has 10 nitrogen and oxygen atoms in total. The van der Waals surface area contributed by atoms with E-state index in [1.54, 1.807) is 6.20 Å². The van der Waals surface area contributed by atoms with Crippen molar-refractivity contribution >= 4 is 17.7 Å². The average molecular weight is 591 g/mol. The second-order valence-electron chi connectivity index (χ2n) is 12.6. The predicted octanol–water partition coefficient (Wildman–Crippen LogP) is 5.59. The quantitative estimate of drug-likeness (QED) is 0.270. The van der Waals surface area contributed by atoms with E-state index in [-0.39, 0.29) is 36.2 Å². The van der Waals surface area contributed by atoms with Gasteiger partial charge < -0.3 is 30.2 Å². The molecular weight excluding hydrogens is 544 g/mol. The SMILES string of the molecule is CCN(c1cc(-c2ncc(C)[nH]2)cc(C(=O)NCc2c(C)cc(C)[nH]c2=O)c1C)C1CCC(NC(=O)OC(C)(C)C)CC1.